The molecule has 1 fully saturated rings. The maximum absolute atomic E-state index is 13.0. The number of anilines is 2. The van der Waals surface area contributed by atoms with E-state index < -0.39 is 5.92 Å². The number of amides is 2. The largest absolute Gasteiger partial charge is 0.312 e. The first-order chi connectivity index (χ1) is 12.1. The number of halogens is 1. The number of carbonyl (C=O) groups is 2. The van der Waals surface area contributed by atoms with Crippen LogP contribution in [0.25, 0.3) is 0 Å². The van der Waals surface area contributed by atoms with Gasteiger partial charge in [-0.3, -0.25) is 9.59 Å². The Kier molecular flexibility index (Phi) is 4.25. The summed E-state index contributed by atoms with van der Waals surface area (Å²) >= 11 is 1.54. The van der Waals surface area contributed by atoms with Crippen molar-refractivity contribution in [2.45, 2.75) is 32.1 Å². The first-order valence-corrected chi connectivity index (χ1v) is 9.27. The average Bonchev–Trinajstić information content (AvgIpc) is 3.18. The zero-order chi connectivity index (χ0) is 17.4. The van der Waals surface area contributed by atoms with E-state index in [1.54, 1.807) is 12.1 Å². The average molecular weight is 359 g/mol. The van der Waals surface area contributed by atoms with Crippen LogP contribution in [0.5, 0.6) is 0 Å². The van der Waals surface area contributed by atoms with Crippen molar-refractivity contribution in [1.82, 2.24) is 4.98 Å². The summed E-state index contributed by atoms with van der Waals surface area (Å²) in [5.74, 6) is -1.06. The molecule has 2 aromatic rings. The molecule has 0 bridgehead atoms. The minimum atomic E-state index is -0.418. The highest BCUT2D eigenvalue weighted by atomic mass is 32.1. The van der Waals surface area contributed by atoms with E-state index in [2.05, 4.69) is 10.3 Å². The third kappa shape index (κ3) is 3.28. The van der Waals surface area contributed by atoms with Crippen molar-refractivity contribution in [1.29, 1.82) is 0 Å². The number of thiazole rings is 1. The van der Waals surface area contributed by atoms with Crippen LogP contribution in [0.2, 0.25) is 0 Å². The maximum atomic E-state index is 13.0. The second-order valence-corrected chi connectivity index (χ2v) is 7.55. The number of hydrogen-bond acceptors (Lipinski definition) is 4. The zero-order valence-electron chi connectivity index (χ0n) is 13.6. The van der Waals surface area contributed by atoms with Gasteiger partial charge in [0.15, 0.2) is 5.13 Å². The van der Waals surface area contributed by atoms with Crippen molar-refractivity contribution in [3.63, 3.8) is 0 Å². The summed E-state index contributed by atoms with van der Waals surface area (Å²) in [7, 11) is 0. The van der Waals surface area contributed by atoms with E-state index in [-0.39, 0.29) is 24.1 Å². The summed E-state index contributed by atoms with van der Waals surface area (Å²) < 4.78 is 13.0. The van der Waals surface area contributed by atoms with Crippen molar-refractivity contribution in [3.8, 4) is 0 Å². The van der Waals surface area contributed by atoms with Crippen molar-refractivity contribution in [2.75, 3.05) is 16.8 Å². The lowest BCUT2D eigenvalue weighted by Crippen LogP contribution is -2.28. The first kappa shape index (κ1) is 16.2. The van der Waals surface area contributed by atoms with Crippen molar-refractivity contribution in [3.05, 3.63) is 40.7 Å². The van der Waals surface area contributed by atoms with Crippen LogP contribution in [0, 0.1) is 11.7 Å². The molecule has 0 spiro atoms. The molecule has 5 nitrogen and oxygen atoms in total. The van der Waals surface area contributed by atoms with E-state index in [1.165, 1.54) is 39.7 Å². The molecule has 1 atom stereocenters. The predicted octanol–water partition coefficient (Wildman–Crippen LogP) is 3.15. The Labute approximate surface area is 148 Å². The Balaban J connectivity index is 1.43. The monoisotopic (exact) mass is 359 g/mol. The number of carbonyl (C=O) groups excluding carboxylic acids is 2. The predicted molar refractivity (Wildman–Crippen MR) is 94.2 cm³/mol. The molecule has 2 heterocycles. The number of fused-ring (bicyclic) bond motifs is 1. The number of nitrogens with one attached hydrogen (secondary N) is 1. The maximum Gasteiger partial charge on any atom is 0.231 e. The quantitative estimate of drug-likeness (QED) is 0.916. The number of rotatable bonds is 3. The molecule has 1 aromatic carbocycles. The number of nitrogens with zero attached hydrogens (tertiary/aromatic N) is 2. The number of hydrogen-bond donors (Lipinski definition) is 1. The van der Waals surface area contributed by atoms with Gasteiger partial charge in [-0.15, -0.1) is 11.3 Å². The third-order valence-electron chi connectivity index (χ3n) is 4.71. The molecule has 25 heavy (non-hydrogen) atoms. The minimum Gasteiger partial charge on any atom is -0.312 e. The van der Waals surface area contributed by atoms with E-state index in [1.807, 2.05) is 0 Å². The zero-order valence-corrected chi connectivity index (χ0v) is 14.4. The first-order valence-electron chi connectivity index (χ1n) is 8.45. The molecular weight excluding hydrogens is 341 g/mol. The highest BCUT2D eigenvalue weighted by Gasteiger charge is 2.35. The molecule has 1 aliphatic heterocycles. The molecule has 0 radical (unpaired) electrons. The summed E-state index contributed by atoms with van der Waals surface area (Å²) in [5, 5.41) is 3.50. The van der Waals surface area contributed by atoms with Gasteiger partial charge in [0.2, 0.25) is 11.8 Å². The van der Waals surface area contributed by atoms with Crippen LogP contribution < -0.4 is 10.2 Å². The summed E-state index contributed by atoms with van der Waals surface area (Å²) in [6, 6.07) is 5.75. The second-order valence-electron chi connectivity index (χ2n) is 6.47. The number of aromatic nitrogens is 1. The van der Waals surface area contributed by atoms with Gasteiger partial charge in [-0.25, -0.2) is 9.37 Å². The lowest BCUT2D eigenvalue weighted by molar-refractivity contribution is -0.122. The third-order valence-corrected chi connectivity index (χ3v) is 5.78. The Morgan fingerprint density at radius 3 is 2.76 bits per heavy atom. The van der Waals surface area contributed by atoms with Crippen LogP contribution in [0.15, 0.2) is 24.3 Å². The molecule has 1 N–H and O–H groups in total. The van der Waals surface area contributed by atoms with E-state index >= 15 is 0 Å². The fraction of sp³-hybridized carbons (Fsp3) is 0.389. The Bertz CT molecular complexity index is 795. The van der Waals surface area contributed by atoms with Crippen LogP contribution in [0.3, 0.4) is 0 Å². The second kappa shape index (κ2) is 6.55. The van der Waals surface area contributed by atoms with Crippen molar-refractivity contribution in [2.24, 2.45) is 5.92 Å². The minimum absolute atomic E-state index is 0.120. The number of aryl methyl sites for hydroxylation is 2. The molecule has 2 aliphatic rings. The van der Waals surface area contributed by atoms with Gasteiger partial charge in [-0.1, -0.05) is 0 Å². The number of benzene rings is 1. The fourth-order valence-corrected chi connectivity index (χ4v) is 4.42. The summed E-state index contributed by atoms with van der Waals surface area (Å²) in [4.78, 5) is 32.1. The van der Waals surface area contributed by atoms with Crippen LogP contribution >= 0.6 is 11.3 Å². The van der Waals surface area contributed by atoms with E-state index in [0.717, 1.165) is 25.0 Å². The van der Waals surface area contributed by atoms with Crippen molar-refractivity contribution < 1.29 is 14.0 Å². The van der Waals surface area contributed by atoms with Gasteiger partial charge in [0.1, 0.15) is 5.82 Å². The van der Waals surface area contributed by atoms with Gasteiger partial charge in [0.05, 0.1) is 11.6 Å². The smallest absolute Gasteiger partial charge is 0.231 e. The lowest BCUT2D eigenvalue weighted by Gasteiger charge is -2.16. The van der Waals surface area contributed by atoms with Gasteiger partial charge in [0, 0.05) is 23.5 Å². The Morgan fingerprint density at radius 2 is 2.00 bits per heavy atom. The van der Waals surface area contributed by atoms with Crippen LogP contribution in [0.4, 0.5) is 15.2 Å². The summed E-state index contributed by atoms with van der Waals surface area (Å²) in [6.07, 6.45) is 4.49. The normalized spacial score (nSPS) is 19.8. The molecule has 0 unspecified atom stereocenters. The lowest BCUT2D eigenvalue weighted by atomic mass is 10.0. The molecular formula is C18H18FN3O2S. The molecule has 1 saturated heterocycles. The molecule has 7 heteroatoms. The van der Waals surface area contributed by atoms with Gasteiger partial charge in [-0.05, 0) is 49.9 Å². The molecule has 1 aliphatic carbocycles. The summed E-state index contributed by atoms with van der Waals surface area (Å²) in [6.45, 7) is 0.307. The molecule has 4 rings (SSSR count). The highest BCUT2D eigenvalue weighted by molar-refractivity contribution is 7.15. The van der Waals surface area contributed by atoms with Crippen LogP contribution in [-0.4, -0.2) is 23.3 Å². The SMILES string of the molecule is O=C(Nc1nc2c(s1)CCCC2)[C@H]1CC(=O)N(c2ccc(F)cc2)C1. The van der Waals surface area contributed by atoms with Gasteiger partial charge >= 0.3 is 0 Å². The Hall–Kier alpha value is -2.28. The van der Waals surface area contributed by atoms with Crippen LogP contribution in [-0.2, 0) is 22.4 Å². The standard InChI is InChI=1S/C18H18FN3O2S/c19-12-5-7-13(8-6-12)22-10-11(9-16(22)23)17(24)21-18-20-14-3-1-2-4-15(14)25-18/h5-8,11H,1-4,9-10H2,(H,20,21,24)/t11-/m0/s1. The Morgan fingerprint density at radius 1 is 1.24 bits per heavy atom. The van der Waals surface area contributed by atoms with Gasteiger partial charge < -0.3 is 10.2 Å². The summed E-state index contributed by atoms with van der Waals surface area (Å²) in [5.41, 5.74) is 1.72. The van der Waals surface area contributed by atoms with E-state index in [0.29, 0.717) is 17.4 Å². The van der Waals surface area contributed by atoms with Crippen molar-refractivity contribution >= 4 is 34.0 Å². The van der Waals surface area contributed by atoms with E-state index in [9.17, 15) is 14.0 Å². The molecule has 1 aromatic heterocycles. The molecule has 130 valence electrons. The molecule has 2 amide bonds. The topological polar surface area (TPSA) is 62.3 Å². The van der Waals surface area contributed by atoms with Gasteiger partial charge in [0.25, 0.3) is 0 Å². The van der Waals surface area contributed by atoms with E-state index in [4.69, 9.17) is 0 Å². The fourth-order valence-electron chi connectivity index (χ4n) is 3.37. The molecule has 0 saturated carbocycles. The highest BCUT2D eigenvalue weighted by Crippen LogP contribution is 2.31. The van der Waals surface area contributed by atoms with Gasteiger partial charge in [-0.2, -0.15) is 0 Å². The van der Waals surface area contributed by atoms with Crippen LogP contribution in [0.1, 0.15) is 29.8 Å².